The molecule has 0 fully saturated rings. The van der Waals surface area contributed by atoms with Crippen LogP contribution in [0.3, 0.4) is 0 Å². The van der Waals surface area contributed by atoms with Crippen molar-refractivity contribution < 1.29 is 80.2 Å². The maximum atomic E-state index is 13.1. The lowest BCUT2D eigenvalue weighted by atomic mass is 9.99. The number of phosphoric ester groups is 2. The first-order chi connectivity index (χ1) is 48.2. The Hall–Kier alpha value is -1.94. The van der Waals surface area contributed by atoms with Gasteiger partial charge in [0.25, 0.3) is 0 Å². The lowest BCUT2D eigenvalue weighted by molar-refractivity contribution is -0.161. The molecule has 0 aromatic rings. The van der Waals surface area contributed by atoms with Crippen LogP contribution in [0.15, 0.2) is 0 Å². The molecule has 594 valence electrons. The SMILES string of the molecule is CCC(C)CCCCCCCCCCCCCCCCC(=O)OC[C@H](COP(=O)(O)OC[C@@H](O)COP(=O)(O)OC[C@@H](COC(=O)CCCCCCCCC(C)CC)OC(=O)CCCCCCCCCCCCCCC(C)C)OC(=O)CCCCCCCCCCCCCCCCC(C)C. The van der Waals surface area contributed by atoms with Crippen molar-refractivity contribution in [3.05, 3.63) is 0 Å². The number of phosphoric acid groups is 2. The van der Waals surface area contributed by atoms with Gasteiger partial charge < -0.3 is 33.8 Å². The highest BCUT2D eigenvalue weighted by molar-refractivity contribution is 7.47. The Kier molecular flexibility index (Phi) is 68.7. The van der Waals surface area contributed by atoms with E-state index in [1.807, 2.05) is 0 Å². The number of aliphatic hydroxyl groups excluding tert-OH is 1. The van der Waals surface area contributed by atoms with Crippen LogP contribution in [0.2, 0.25) is 0 Å². The van der Waals surface area contributed by atoms with Crippen molar-refractivity contribution in [3.8, 4) is 0 Å². The average Bonchev–Trinajstić information content (AvgIpc) is 1.54. The molecule has 0 aliphatic carbocycles. The number of ether oxygens (including phenoxy) is 4. The third kappa shape index (κ3) is 71.7. The standard InChI is InChI=1S/C81H158O17P2/c1-9-73(7)59-51-43-35-29-23-16-12-14-17-24-30-36-45-53-61-78(83)91-67-76(97-80(85)63-55-47-37-31-25-18-13-11-15-21-27-33-41-49-57-71(3)4)69-95-99(87,88)93-65-75(82)66-94-100(89,90)96-70-77(68-92-79(84)62-54-46-40-39-44-52-60-74(8)10-2)98-81(86)64-56-48-38-32-26-20-19-22-28-34-42-50-58-72(5)6/h71-77,82H,9-70H2,1-8H3,(H,87,88)(H,89,90)/t73?,74?,75-,76-,77-/m1/s1. The van der Waals surface area contributed by atoms with Gasteiger partial charge in [-0.2, -0.15) is 0 Å². The van der Waals surface area contributed by atoms with Crippen molar-refractivity contribution >= 4 is 39.5 Å². The number of unbranched alkanes of at least 4 members (excludes halogenated alkanes) is 42. The molecular weight excluding hydrogens is 1310 g/mol. The van der Waals surface area contributed by atoms with E-state index in [1.54, 1.807) is 0 Å². The first kappa shape index (κ1) is 98.1. The molecule has 0 saturated heterocycles. The molecule has 19 heteroatoms. The van der Waals surface area contributed by atoms with E-state index < -0.39 is 97.5 Å². The van der Waals surface area contributed by atoms with E-state index in [0.717, 1.165) is 120 Å². The Balaban J connectivity index is 5.25. The molecule has 0 amide bonds. The van der Waals surface area contributed by atoms with E-state index in [9.17, 15) is 43.2 Å². The van der Waals surface area contributed by atoms with Gasteiger partial charge in [-0.1, -0.05) is 364 Å². The van der Waals surface area contributed by atoms with Gasteiger partial charge in [0.05, 0.1) is 26.4 Å². The summed E-state index contributed by atoms with van der Waals surface area (Å²) < 4.78 is 68.7. The minimum Gasteiger partial charge on any atom is -0.462 e. The highest BCUT2D eigenvalue weighted by Crippen LogP contribution is 2.45. The third-order valence-corrected chi connectivity index (χ3v) is 21.4. The smallest absolute Gasteiger partial charge is 0.462 e. The maximum Gasteiger partial charge on any atom is 0.472 e. The van der Waals surface area contributed by atoms with Crippen molar-refractivity contribution in [3.63, 3.8) is 0 Å². The zero-order valence-corrected chi connectivity index (χ0v) is 67.6. The zero-order chi connectivity index (χ0) is 73.8. The van der Waals surface area contributed by atoms with E-state index in [1.165, 1.54) is 212 Å². The Bertz CT molecular complexity index is 1960. The molecule has 100 heavy (non-hydrogen) atoms. The molecule has 0 aromatic carbocycles. The summed E-state index contributed by atoms with van der Waals surface area (Å²) in [5.41, 5.74) is 0. The molecule has 17 nitrogen and oxygen atoms in total. The third-order valence-electron chi connectivity index (χ3n) is 19.5. The second kappa shape index (κ2) is 70.1. The zero-order valence-electron chi connectivity index (χ0n) is 65.8. The van der Waals surface area contributed by atoms with Crippen LogP contribution in [0, 0.1) is 23.7 Å². The summed E-state index contributed by atoms with van der Waals surface area (Å²) in [6.07, 6.45) is 56.8. The number of hydrogen-bond donors (Lipinski definition) is 3. The lowest BCUT2D eigenvalue weighted by Gasteiger charge is -2.21. The summed E-state index contributed by atoms with van der Waals surface area (Å²) in [6.45, 7) is 14.3. The molecule has 0 aliphatic heterocycles. The Morgan fingerprint density at radius 1 is 0.280 bits per heavy atom. The van der Waals surface area contributed by atoms with Crippen LogP contribution < -0.4 is 0 Å². The van der Waals surface area contributed by atoms with E-state index in [0.29, 0.717) is 25.7 Å². The number of carbonyl (C=O) groups is 4. The molecule has 0 spiro atoms. The first-order valence-corrected chi connectivity index (χ1v) is 44.8. The fraction of sp³-hybridized carbons (Fsp3) is 0.951. The van der Waals surface area contributed by atoms with Gasteiger partial charge >= 0.3 is 39.5 Å². The van der Waals surface area contributed by atoms with Crippen molar-refractivity contribution in [2.45, 2.75) is 433 Å². The predicted molar refractivity (Wildman–Crippen MR) is 409 cm³/mol. The molecular formula is C81H158O17P2. The second-order valence-electron chi connectivity index (χ2n) is 30.6. The van der Waals surface area contributed by atoms with Crippen molar-refractivity contribution in [2.24, 2.45) is 23.7 Å². The first-order valence-electron chi connectivity index (χ1n) is 41.8. The molecule has 0 aromatic heterocycles. The molecule has 0 bridgehead atoms. The molecule has 0 saturated carbocycles. The van der Waals surface area contributed by atoms with Crippen LogP contribution in [0.25, 0.3) is 0 Å². The average molecular weight is 1470 g/mol. The van der Waals surface area contributed by atoms with Gasteiger partial charge in [-0.05, 0) is 49.4 Å². The number of esters is 4. The van der Waals surface area contributed by atoms with Crippen LogP contribution >= 0.6 is 15.6 Å². The van der Waals surface area contributed by atoms with E-state index in [2.05, 4.69) is 55.4 Å². The van der Waals surface area contributed by atoms with Gasteiger partial charge in [-0.25, -0.2) is 9.13 Å². The van der Waals surface area contributed by atoms with Crippen molar-refractivity contribution in [1.29, 1.82) is 0 Å². The summed E-state index contributed by atoms with van der Waals surface area (Å²) in [4.78, 5) is 73.0. The van der Waals surface area contributed by atoms with E-state index in [-0.39, 0.29) is 25.7 Å². The minimum atomic E-state index is -4.96. The monoisotopic (exact) mass is 1470 g/mol. The summed E-state index contributed by atoms with van der Waals surface area (Å²) in [5, 5.41) is 10.6. The maximum absolute atomic E-state index is 13.1. The number of hydrogen-bond acceptors (Lipinski definition) is 15. The van der Waals surface area contributed by atoms with Crippen LogP contribution in [0.1, 0.15) is 415 Å². The molecule has 0 heterocycles. The Morgan fingerprint density at radius 2 is 0.480 bits per heavy atom. The molecule has 0 radical (unpaired) electrons. The topological polar surface area (TPSA) is 237 Å². The largest absolute Gasteiger partial charge is 0.472 e. The highest BCUT2D eigenvalue weighted by atomic mass is 31.2. The van der Waals surface area contributed by atoms with Crippen LogP contribution in [-0.2, 0) is 65.4 Å². The fourth-order valence-electron chi connectivity index (χ4n) is 12.4. The van der Waals surface area contributed by atoms with Crippen LogP contribution in [0.5, 0.6) is 0 Å². The van der Waals surface area contributed by atoms with Crippen LogP contribution in [-0.4, -0.2) is 96.7 Å². The Morgan fingerprint density at radius 3 is 0.710 bits per heavy atom. The number of aliphatic hydroxyl groups is 1. The van der Waals surface area contributed by atoms with Gasteiger partial charge in [0, 0.05) is 25.7 Å². The molecule has 3 N–H and O–H groups in total. The summed E-state index contributed by atoms with van der Waals surface area (Å²) in [7, 11) is -9.92. The normalized spacial score (nSPS) is 14.6. The van der Waals surface area contributed by atoms with Gasteiger partial charge in [-0.3, -0.25) is 37.3 Å². The molecule has 7 atom stereocenters. The second-order valence-corrected chi connectivity index (χ2v) is 33.5. The fourth-order valence-corrected chi connectivity index (χ4v) is 13.9. The van der Waals surface area contributed by atoms with E-state index in [4.69, 9.17) is 37.0 Å². The molecule has 0 rings (SSSR count). The quantitative estimate of drug-likeness (QED) is 0.0222. The number of rotatable bonds is 78. The van der Waals surface area contributed by atoms with E-state index >= 15 is 0 Å². The summed E-state index contributed by atoms with van der Waals surface area (Å²) >= 11 is 0. The van der Waals surface area contributed by atoms with Crippen molar-refractivity contribution in [2.75, 3.05) is 39.6 Å². The van der Waals surface area contributed by atoms with Gasteiger partial charge in [0.2, 0.25) is 0 Å². The summed E-state index contributed by atoms with van der Waals surface area (Å²) in [6, 6.07) is 0. The predicted octanol–water partition coefficient (Wildman–Crippen LogP) is 24.0. The minimum absolute atomic E-state index is 0.106. The van der Waals surface area contributed by atoms with Crippen molar-refractivity contribution in [1.82, 2.24) is 0 Å². The Labute approximate surface area is 613 Å². The number of carbonyl (C=O) groups excluding carboxylic acids is 4. The van der Waals surface area contributed by atoms with Crippen LogP contribution in [0.4, 0.5) is 0 Å². The summed E-state index contributed by atoms with van der Waals surface area (Å²) in [5.74, 6) is 1.04. The van der Waals surface area contributed by atoms with Gasteiger partial charge in [0.1, 0.15) is 19.3 Å². The lowest BCUT2D eigenvalue weighted by Crippen LogP contribution is -2.30. The molecule has 0 aliphatic rings. The van der Waals surface area contributed by atoms with Gasteiger partial charge in [0.15, 0.2) is 12.2 Å². The molecule has 4 unspecified atom stereocenters. The highest BCUT2D eigenvalue weighted by Gasteiger charge is 2.30. The van der Waals surface area contributed by atoms with Gasteiger partial charge in [-0.15, -0.1) is 0 Å².